The minimum absolute atomic E-state index is 0.211. The second-order valence-corrected chi connectivity index (χ2v) is 5.93. The zero-order chi connectivity index (χ0) is 19.1. The van der Waals surface area contributed by atoms with Gasteiger partial charge in [0.05, 0.1) is 11.6 Å². The molecule has 1 N–H and O–H groups in total. The highest BCUT2D eigenvalue weighted by Gasteiger charge is 2.23. The standard InChI is InChI=1S/C20H21F2NO3/c1-3-7-18(14-8-5-4-6-9-14)23-19(24)13(2)26-20(25)16-11-10-15(21)12-17(16)22/h4-6,8-13,18H,3,7H2,1-2H3,(H,23,24). The van der Waals surface area contributed by atoms with E-state index in [4.69, 9.17) is 4.74 Å². The van der Waals surface area contributed by atoms with Gasteiger partial charge in [-0.05, 0) is 31.0 Å². The van der Waals surface area contributed by atoms with Crippen LogP contribution in [0.25, 0.3) is 0 Å². The second-order valence-electron chi connectivity index (χ2n) is 5.93. The van der Waals surface area contributed by atoms with Gasteiger partial charge in [0.2, 0.25) is 0 Å². The van der Waals surface area contributed by atoms with Gasteiger partial charge >= 0.3 is 5.97 Å². The first-order valence-electron chi connectivity index (χ1n) is 8.43. The molecule has 0 bridgehead atoms. The van der Waals surface area contributed by atoms with Crippen molar-refractivity contribution in [2.75, 3.05) is 0 Å². The van der Waals surface area contributed by atoms with E-state index in [0.717, 1.165) is 30.5 Å². The lowest BCUT2D eigenvalue weighted by Gasteiger charge is -2.21. The van der Waals surface area contributed by atoms with Gasteiger partial charge in [0.15, 0.2) is 6.10 Å². The molecule has 2 unspecified atom stereocenters. The molecule has 0 saturated heterocycles. The number of ether oxygens (including phenoxy) is 1. The summed E-state index contributed by atoms with van der Waals surface area (Å²) in [6.45, 7) is 3.41. The number of rotatable bonds is 7. The van der Waals surface area contributed by atoms with Crippen LogP contribution in [-0.2, 0) is 9.53 Å². The molecule has 4 nitrogen and oxygen atoms in total. The highest BCUT2D eigenvalue weighted by molar-refractivity contribution is 5.92. The van der Waals surface area contributed by atoms with Crippen LogP contribution < -0.4 is 5.32 Å². The molecule has 2 aromatic carbocycles. The van der Waals surface area contributed by atoms with E-state index in [-0.39, 0.29) is 6.04 Å². The molecule has 0 saturated carbocycles. The fraction of sp³-hybridized carbons (Fsp3) is 0.300. The lowest BCUT2D eigenvalue weighted by Crippen LogP contribution is -2.38. The summed E-state index contributed by atoms with van der Waals surface area (Å²) in [4.78, 5) is 24.4. The topological polar surface area (TPSA) is 55.4 Å². The number of nitrogens with one attached hydrogen (secondary N) is 1. The first-order valence-corrected chi connectivity index (χ1v) is 8.43. The van der Waals surface area contributed by atoms with Gasteiger partial charge in [0.25, 0.3) is 5.91 Å². The van der Waals surface area contributed by atoms with Crippen molar-refractivity contribution in [2.24, 2.45) is 0 Å². The maximum absolute atomic E-state index is 13.6. The Balaban J connectivity index is 2.02. The van der Waals surface area contributed by atoms with Crippen molar-refractivity contribution in [1.29, 1.82) is 0 Å². The fourth-order valence-corrected chi connectivity index (χ4v) is 2.52. The maximum Gasteiger partial charge on any atom is 0.341 e. The minimum atomic E-state index is -1.12. The summed E-state index contributed by atoms with van der Waals surface area (Å²) < 4.78 is 31.6. The molecule has 2 aromatic rings. The lowest BCUT2D eigenvalue weighted by molar-refractivity contribution is -0.130. The van der Waals surface area contributed by atoms with Crippen LogP contribution in [-0.4, -0.2) is 18.0 Å². The van der Waals surface area contributed by atoms with Crippen LogP contribution in [0.5, 0.6) is 0 Å². The number of hydrogen-bond donors (Lipinski definition) is 1. The van der Waals surface area contributed by atoms with Crippen molar-refractivity contribution in [1.82, 2.24) is 5.32 Å². The molecule has 0 aromatic heterocycles. The van der Waals surface area contributed by atoms with Gasteiger partial charge in [0.1, 0.15) is 11.6 Å². The van der Waals surface area contributed by atoms with Crippen molar-refractivity contribution in [3.8, 4) is 0 Å². The van der Waals surface area contributed by atoms with Crippen LogP contribution in [0.2, 0.25) is 0 Å². The summed E-state index contributed by atoms with van der Waals surface area (Å²) in [6.07, 6.45) is 0.465. The molecule has 0 radical (unpaired) electrons. The summed E-state index contributed by atoms with van der Waals surface area (Å²) in [7, 11) is 0. The monoisotopic (exact) mass is 361 g/mol. The van der Waals surface area contributed by atoms with Crippen LogP contribution in [0.1, 0.15) is 48.7 Å². The van der Waals surface area contributed by atoms with Crippen molar-refractivity contribution in [3.05, 3.63) is 71.3 Å². The fourth-order valence-electron chi connectivity index (χ4n) is 2.52. The van der Waals surface area contributed by atoms with Crippen molar-refractivity contribution in [2.45, 2.75) is 38.8 Å². The summed E-state index contributed by atoms with van der Waals surface area (Å²) in [5.74, 6) is -3.33. The quantitative estimate of drug-likeness (QED) is 0.753. The average molecular weight is 361 g/mol. The number of hydrogen-bond acceptors (Lipinski definition) is 3. The molecule has 0 aliphatic rings. The number of halogens is 2. The van der Waals surface area contributed by atoms with Crippen LogP contribution in [0.15, 0.2) is 48.5 Å². The molecule has 0 heterocycles. The molecular formula is C20H21F2NO3. The Morgan fingerprint density at radius 1 is 1.12 bits per heavy atom. The van der Waals surface area contributed by atoms with Crippen molar-refractivity contribution in [3.63, 3.8) is 0 Å². The summed E-state index contributed by atoms with van der Waals surface area (Å²) in [5, 5.41) is 2.84. The normalized spacial score (nSPS) is 12.9. The highest BCUT2D eigenvalue weighted by Crippen LogP contribution is 2.19. The Kier molecular flexibility index (Phi) is 6.83. The Labute approximate surface area is 151 Å². The number of esters is 1. The lowest BCUT2D eigenvalue weighted by atomic mass is 10.0. The zero-order valence-electron chi connectivity index (χ0n) is 14.7. The predicted molar refractivity (Wildman–Crippen MR) is 93.5 cm³/mol. The molecule has 2 atom stereocenters. The van der Waals surface area contributed by atoms with Crippen molar-refractivity contribution >= 4 is 11.9 Å². The highest BCUT2D eigenvalue weighted by atomic mass is 19.1. The molecule has 0 aliphatic carbocycles. The van der Waals surface area contributed by atoms with E-state index in [1.807, 2.05) is 37.3 Å². The molecule has 2 rings (SSSR count). The van der Waals surface area contributed by atoms with Crippen molar-refractivity contribution < 1.29 is 23.1 Å². The third-order valence-electron chi connectivity index (χ3n) is 3.90. The van der Waals surface area contributed by atoms with Crippen LogP contribution >= 0.6 is 0 Å². The van der Waals surface area contributed by atoms with Gasteiger partial charge in [-0.1, -0.05) is 43.7 Å². The van der Waals surface area contributed by atoms with Gasteiger partial charge in [-0.15, -0.1) is 0 Å². The number of benzene rings is 2. The van der Waals surface area contributed by atoms with Crippen LogP contribution in [0.3, 0.4) is 0 Å². The molecule has 0 aliphatic heterocycles. The second kappa shape index (κ2) is 9.08. The molecule has 6 heteroatoms. The van der Waals surface area contributed by atoms with E-state index in [0.29, 0.717) is 6.07 Å². The summed E-state index contributed by atoms with van der Waals surface area (Å²) >= 11 is 0. The van der Waals surface area contributed by atoms with E-state index < -0.39 is 35.2 Å². The predicted octanol–water partition coefficient (Wildman–Crippen LogP) is 4.17. The van der Waals surface area contributed by atoms with Gasteiger partial charge in [0, 0.05) is 6.07 Å². The van der Waals surface area contributed by atoms with Gasteiger partial charge in [-0.2, -0.15) is 0 Å². The maximum atomic E-state index is 13.6. The van der Waals surface area contributed by atoms with E-state index >= 15 is 0 Å². The molecule has 1 amide bonds. The van der Waals surface area contributed by atoms with Gasteiger partial charge < -0.3 is 10.1 Å². The van der Waals surface area contributed by atoms with E-state index in [1.54, 1.807) is 0 Å². The number of amides is 1. The first kappa shape index (κ1) is 19.6. The SMILES string of the molecule is CCCC(NC(=O)C(C)OC(=O)c1ccc(F)cc1F)c1ccccc1. The summed E-state index contributed by atoms with van der Waals surface area (Å²) in [6, 6.07) is 11.8. The van der Waals surface area contributed by atoms with E-state index in [2.05, 4.69) is 5.32 Å². The molecule has 0 fully saturated rings. The van der Waals surface area contributed by atoms with E-state index in [1.165, 1.54) is 6.92 Å². The minimum Gasteiger partial charge on any atom is -0.449 e. The smallest absolute Gasteiger partial charge is 0.341 e. The Hall–Kier alpha value is -2.76. The zero-order valence-corrected chi connectivity index (χ0v) is 14.7. The molecule has 138 valence electrons. The number of carbonyl (C=O) groups excluding carboxylic acids is 2. The van der Waals surface area contributed by atoms with E-state index in [9.17, 15) is 18.4 Å². The molecular weight excluding hydrogens is 340 g/mol. The van der Waals surface area contributed by atoms with Gasteiger partial charge in [-0.3, -0.25) is 4.79 Å². The van der Waals surface area contributed by atoms with Gasteiger partial charge in [-0.25, -0.2) is 13.6 Å². The molecule has 0 spiro atoms. The average Bonchev–Trinajstić information content (AvgIpc) is 2.61. The van der Waals surface area contributed by atoms with Crippen LogP contribution in [0, 0.1) is 11.6 Å². The first-order chi connectivity index (χ1) is 12.4. The Morgan fingerprint density at radius 2 is 1.81 bits per heavy atom. The van der Waals surface area contributed by atoms with Crippen LogP contribution in [0.4, 0.5) is 8.78 Å². The summed E-state index contributed by atoms with van der Waals surface area (Å²) in [5.41, 5.74) is 0.532. The Morgan fingerprint density at radius 3 is 2.42 bits per heavy atom. The third kappa shape index (κ3) is 5.12. The largest absolute Gasteiger partial charge is 0.449 e. The third-order valence-corrected chi connectivity index (χ3v) is 3.90. The molecule has 26 heavy (non-hydrogen) atoms. The Bertz CT molecular complexity index is 765. The number of carbonyl (C=O) groups is 2.